The summed E-state index contributed by atoms with van der Waals surface area (Å²) in [6.07, 6.45) is 6.67. The molecule has 130 valence electrons. The third kappa shape index (κ3) is 4.02. The number of rotatable bonds is 5. The lowest BCUT2D eigenvalue weighted by molar-refractivity contribution is 0.172. The number of thiophene rings is 1. The number of aryl methyl sites for hydroxylation is 1. The van der Waals surface area contributed by atoms with Crippen LogP contribution in [0.2, 0.25) is 0 Å². The van der Waals surface area contributed by atoms with Gasteiger partial charge in [-0.05, 0) is 68.3 Å². The molecule has 0 amide bonds. The first-order valence-electron chi connectivity index (χ1n) is 9.14. The normalized spacial score (nSPS) is 16.5. The average Bonchev–Trinajstić information content (AvgIpc) is 3.06. The van der Waals surface area contributed by atoms with E-state index in [0.29, 0.717) is 0 Å². The zero-order valence-electron chi connectivity index (χ0n) is 14.4. The lowest BCUT2D eigenvalue weighted by Crippen LogP contribution is -2.34. The van der Waals surface area contributed by atoms with Crippen molar-refractivity contribution in [1.82, 2.24) is 9.88 Å². The van der Waals surface area contributed by atoms with Crippen LogP contribution in [0.25, 0.3) is 10.1 Å². The molecule has 0 spiro atoms. The largest absolute Gasteiger partial charge is 0.329 e. The highest BCUT2D eigenvalue weighted by molar-refractivity contribution is 7.19. The monoisotopic (exact) mass is 352 g/mol. The van der Waals surface area contributed by atoms with Crippen molar-refractivity contribution in [3.05, 3.63) is 69.5 Å². The lowest BCUT2D eigenvalue weighted by atomic mass is 9.91. The number of hydrogen-bond acceptors (Lipinski definition) is 3. The van der Waals surface area contributed by atoms with E-state index in [4.69, 9.17) is 0 Å². The number of benzene rings is 1. The van der Waals surface area contributed by atoms with Crippen LogP contribution in [-0.2, 0) is 13.0 Å². The van der Waals surface area contributed by atoms with Crippen LogP contribution in [0.3, 0.4) is 0 Å². The maximum absolute atomic E-state index is 11.8. The molecule has 1 fully saturated rings. The fraction of sp³-hybridized carbons (Fsp3) is 0.381. The third-order valence-corrected chi connectivity index (χ3v) is 6.45. The van der Waals surface area contributed by atoms with E-state index in [2.05, 4.69) is 40.2 Å². The molecular weight excluding hydrogens is 328 g/mol. The van der Waals surface area contributed by atoms with Gasteiger partial charge in [0.1, 0.15) is 0 Å². The molecule has 1 aliphatic rings. The van der Waals surface area contributed by atoms with E-state index in [9.17, 15) is 4.79 Å². The molecule has 4 heteroatoms. The average molecular weight is 353 g/mol. The molecule has 3 nitrogen and oxygen atoms in total. The quantitative estimate of drug-likeness (QED) is 0.737. The molecule has 0 unspecified atom stereocenters. The molecule has 4 rings (SSSR count). The number of fused-ring (bicyclic) bond motifs is 1. The Balaban J connectivity index is 1.27. The van der Waals surface area contributed by atoms with Crippen molar-refractivity contribution in [3.63, 3.8) is 0 Å². The van der Waals surface area contributed by atoms with Gasteiger partial charge >= 0.3 is 0 Å². The van der Waals surface area contributed by atoms with Crippen LogP contribution in [0.15, 0.2) is 53.5 Å². The van der Waals surface area contributed by atoms with Crippen molar-refractivity contribution >= 4 is 21.4 Å². The molecule has 0 aliphatic carbocycles. The number of hydrogen-bond donors (Lipinski definition) is 1. The number of aromatic nitrogens is 1. The number of pyridine rings is 1. The van der Waals surface area contributed by atoms with Crippen LogP contribution in [0.1, 0.15) is 29.7 Å². The summed E-state index contributed by atoms with van der Waals surface area (Å²) in [5, 5.41) is 1.38. The van der Waals surface area contributed by atoms with Crippen molar-refractivity contribution in [2.45, 2.75) is 32.2 Å². The smallest absolute Gasteiger partial charge is 0.252 e. The molecule has 3 aromatic rings. The zero-order valence-corrected chi connectivity index (χ0v) is 15.2. The number of nitrogens with zero attached hydrogens (tertiary/aromatic N) is 1. The first-order valence-corrected chi connectivity index (χ1v) is 9.96. The van der Waals surface area contributed by atoms with E-state index in [1.807, 2.05) is 23.5 Å². The van der Waals surface area contributed by atoms with E-state index < -0.39 is 0 Å². The molecule has 0 atom stereocenters. The second kappa shape index (κ2) is 7.54. The maximum Gasteiger partial charge on any atom is 0.252 e. The van der Waals surface area contributed by atoms with Gasteiger partial charge in [0.2, 0.25) is 0 Å². The molecule has 1 aromatic carbocycles. The highest BCUT2D eigenvalue weighted by atomic mass is 32.1. The highest BCUT2D eigenvalue weighted by Crippen LogP contribution is 2.29. The van der Waals surface area contributed by atoms with Gasteiger partial charge in [-0.2, -0.15) is 0 Å². The molecule has 2 aromatic heterocycles. The summed E-state index contributed by atoms with van der Waals surface area (Å²) < 4.78 is 1.40. The Bertz CT molecular complexity index is 857. The van der Waals surface area contributed by atoms with Gasteiger partial charge in [0.15, 0.2) is 0 Å². The van der Waals surface area contributed by atoms with Crippen LogP contribution in [-0.4, -0.2) is 23.0 Å². The Kier molecular flexibility index (Phi) is 4.99. The Hall–Kier alpha value is -1.91. The molecule has 3 heterocycles. The Morgan fingerprint density at radius 3 is 2.76 bits per heavy atom. The van der Waals surface area contributed by atoms with E-state index in [0.717, 1.165) is 31.1 Å². The minimum Gasteiger partial charge on any atom is -0.329 e. The van der Waals surface area contributed by atoms with Crippen molar-refractivity contribution in [1.29, 1.82) is 0 Å². The van der Waals surface area contributed by atoms with Crippen molar-refractivity contribution < 1.29 is 0 Å². The van der Waals surface area contributed by atoms with E-state index in [1.165, 1.54) is 40.6 Å². The van der Waals surface area contributed by atoms with E-state index >= 15 is 0 Å². The van der Waals surface area contributed by atoms with E-state index in [1.54, 1.807) is 6.20 Å². The van der Waals surface area contributed by atoms with Crippen molar-refractivity contribution in [3.8, 4) is 0 Å². The van der Waals surface area contributed by atoms with Gasteiger partial charge < -0.3 is 4.98 Å². The number of H-pyrrole nitrogens is 1. The van der Waals surface area contributed by atoms with Gasteiger partial charge in [-0.25, -0.2) is 0 Å². The molecule has 0 radical (unpaired) electrons. The number of likely N-dealkylation sites (tertiary alicyclic amines) is 1. The fourth-order valence-electron chi connectivity index (χ4n) is 3.76. The summed E-state index contributed by atoms with van der Waals surface area (Å²) in [6.45, 7) is 2.98. The SMILES string of the molecule is O=c1[nH]cccc1CN1CCC(CCc2cc3ccccc3s2)CC1. The number of nitrogens with one attached hydrogen (secondary N) is 1. The molecule has 1 N–H and O–H groups in total. The standard InChI is InChI=1S/C21H24N2OS/c24-21-18(5-3-11-22-21)15-23-12-9-16(10-13-23)7-8-19-14-17-4-1-2-6-20(17)25-19/h1-6,11,14,16H,7-10,12-13,15H2,(H,22,24). The predicted molar refractivity (Wildman–Crippen MR) is 105 cm³/mol. The van der Waals surface area contributed by atoms with Gasteiger partial charge in [-0.15, -0.1) is 11.3 Å². The second-order valence-electron chi connectivity index (χ2n) is 7.03. The number of piperidine rings is 1. The van der Waals surface area contributed by atoms with Crippen molar-refractivity contribution in [2.24, 2.45) is 5.92 Å². The van der Waals surface area contributed by atoms with Crippen molar-refractivity contribution in [2.75, 3.05) is 13.1 Å². The molecule has 0 saturated carbocycles. The molecule has 25 heavy (non-hydrogen) atoms. The molecule has 1 aliphatic heterocycles. The van der Waals surface area contributed by atoms with Gasteiger partial charge in [0, 0.05) is 27.9 Å². The highest BCUT2D eigenvalue weighted by Gasteiger charge is 2.20. The molecule has 1 saturated heterocycles. The minimum atomic E-state index is 0.0504. The first-order chi connectivity index (χ1) is 12.3. The Morgan fingerprint density at radius 2 is 1.96 bits per heavy atom. The predicted octanol–water partition coefficient (Wildman–Crippen LogP) is 4.43. The Morgan fingerprint density at radius 1 is 1.12 bits per heavy atom. The summed E-state index contributed by atoms with van der Waals surface area (Å²) in [5.41, 5.74) is 0.931. The summed E-state index contributed by atoms with van der Waals surface area (Å²) in [6, 6.07) is 14.9. The Labute approximate surface area is 152 Å². The summed E-state index contributed by atoms with van der Waals surface area (Å²) in [4.78, 5) is 18.5. The van der Waals surface area contributed by atoms with Gasteiger partial charge in [0.25, 0.3) is 5.56 Å². The van der Waals surface area contributed by atoms with Crippen LogP contribution in [0.5, 0.6) is 0 Å². The lowest BCUT2D eigenvalue weighted by Gasteiger charge is -2.31. The fourth-order valence-corrected chi connectivity index (χ4v) is 4.84. The summed E-state index contributed by atoms with van der Waals surface area (Å²) >= 11 is 1.94. The topological polar surface area (TPSA) is 36.1 Å². The third-order valence-electron chi connectivity index (χ3n) is 5.28. The molecule has 0 bridgehead atoms. The van der Waals surface area contributed by atoms with Gasteiger partial charge in [-0.3, -0.25) is 9.69 Å². The maximum atomic E-state index is 11.8. The minimum absolute atomic E-state index is 0.0504. The molecular formula is C21H24N2OS. The second-order valence-corrected chi connectivity index (χ2v) is 8.20. The zero-order chi connectivity index (χ0) is 17.1. The van der Waals surface area contributed by atoms with Crippen LogP contribution in [0.4, 0.5) is 0 Å². The van der Waals surface area contributed by atoms with Crippen LogP contribution in [0, 0.1) is 5.92 Å². The number of aromatic amines is 1. The van der Waals surface area contributed by atoms with Crippen LogP contribution < -0.4 is 5.56 Å². The van der Waals surface area contributed by atoms with E-state index in [-0.39, 0.29) is 5.56 Å². The summed E-state index contributed by atoms with van der Waals surface area (Å²) in [5.74, 6) is 0.815. The van der Waals surface area contributed by atoms with Gasteiger partial charge in [-0.1, -0.05) is 24.3 Å². The van der Waals surface area contributed by atoms with Gasteiger partial charge in [0.05, 0.1) is 0 Å². The first kappa shape index (κ1) is 16.6. The van der Waals surface area contributed by atoms with Crippen LogP contribution >= 0.6 is 11.3 Å². The summed E-state index contributed by atoms with van der Waals surface area (Å²) in [7, 11) is 0.